The predicted octanol–water partition coefficient (Wildman–Crippen LogP) is 2.98. The number of nitrogens with one attached hydrogen (secondary N) is 2. The lowest BCUT2D eigenvalue weighted by molar-refractivity contribution is -0.152. The molecule has 1 aromatic rings. The molecule has 1 aromatic carbocycles. The van der Waals surface area contributed by atoms with E-state index in [1.807, 2.05) is 64.1 Å². The van der Waals surface area contributed by atoms with Crippen molar-refractivity contribution in [1.82, 2.24) is 15.9 Å². The van der Waals surface area contributed by atoms with Gasteiger partial charge < -0.3 is 0 Å². The number of ketones is 1. The van der Waals surface area contributed by atoms with E-state index in [9.17, 15) is 24.4 Å². The van der Waals surface area contributed by atoms with Crippen molar-refractivity contribution in [3.63, 3.8) is 0 Å². The summed E-state index contributed by atoms with van der Waals surface area (Å²) in [5, 5.41) is 10.3. The summed E-state index contributed by atoms with van der Waals surface area (Å²) in [6.07, 6.45) is 4.18. The SMILES string of the molecule is CC(=O)C(=O)N(CC(C)C)NC(=O)[C@H](CC(C)C)[C@H](C/C=C/c1ccccc1)C(=O)NO. The van der Waals surface area contributed by atoms with E-state index in [-0.39, 0.29) is 24.8 Å². The van der Waals surface area contributed by atoms with E-state index in [1.165, 1.54) is 0 Å². The Morgan fingerprint density at radius 2 is 1.59 bits per heavy atom. The third-order valence-corrected chi connectivity index (χ3v) is 4.83. The molecule has 32 heavy (non-hydrogen) atoms. The van der Waals surface area contributed by atoms with Gasteiger partial charge in [-0.05, 0) is 30.2 Å². The Balaban J connectivity index is 3.15. The smallest absolute Gasteiger partial charge is 0.289 e. The van der Waals surface area contributed by atoms with Crippen LogP contribution in [0.3, 0.4) is 0 Å². The highest BCUT2D eigenvalue weighted by Gasteiger charge is 2.35. The van der Waals surface area contributed by atoms with Gasteiger partial charge in [-0.3, -0.25) is 29.8 Å². The number of Topliss-reactive ketones (excluding diaryl/α,β-unsaturated/α-hetero) is 1. The Hall–Kier alpha value is -3.00. The molecule has 0 aliphatic carbocycles. The lowest BCUT2D eigenvalue weighted by atomic mass is 9.82. The van der Waals surface area contributed by atoms with E-state index in [2.05, 4.69) is 5.43 Å². The molecular weight excluding hydrogens is 410 g/mol. The van der Waals surface area contributed by atoms with Crippen molar-refractivity contribution in [2.45, 2.75) is 47.5 Å². The zero-order valence-electron chi connectivity index (χ0n) is 19.5. The number of hydrogen-bond donors (Lipinski definition) is 3. The van der Waals surface area contributed by atoms with Crippen LogP contribution in [0, 0.1) is 23.7 Å². The lowest BCUT2D eigenvalue weighted by Gasteiger charge is -2.30. The summed E-state index contributed by atoms with van der Waals surface area (Å²) in [7, 11) is 0. The second kappa shape index (κ2) is 13.4. The number of benzene rings is 1. The average Bonchev–Trinajstić information content (AvgIpc) is 2.74. The number of carbonyl (C=O) groups is 4. The van der Waals surface area contributed by atoms with Crippen LogP contribution < -0.4 is 10.9 Å². The van der Waals surface area contributed by atoms with Crippen LogP contribution in [-0.4, -0.2) is 40.3 Å². The largest absolute Gasteiger partial charge is 0.308 e. The first-order valence-electron chi connectivity index (χ1n) is 10.8. The van der Waals surface area contributed by atoms with E-state index < -0.39 is 35.3 Å². The molecule has 0 aliphatic rings. The minimum Gasteiger partial charge on any atom is -0.289 e. The van der Waals surface area contributed by atoms with Gasteiger partial charge in [0.1, 0.15) is 0 Å². The van der Waals surface area contributed by atoms with E-state index in [0.29, 0.717) is 6.42 Å². The fraction of sp³-hybridized carbons (Fsp3) is 0.500. The molecule has 0 spiro atoms. The second-order valence-electron chi connectivity index (χ2n) is 8.71. The molecule has 0 aromatic heterocycles. The Bertz CT molecular complexity index is 805. The Labute approximate surface area is 190 Å². The Morgan fingerprint density at radius 3 is 2.09 bits per heavy atom. The normalized spacial score (nSPS) is 13.1. The van der Waals surface area contributed by atoms with Crippen molar-refractivity contribution >= 4 is 29.6 Å². The first-order chi connectivity index (χ1) is 15.1. The standard InChI is InChI=1S/C24H35N3O5/c1-16(2)14-21(22(29)25-27(15-17(3)4)24(31)18(5)28)20(23(30)26-32)13-9-12-19-10-7-6-8-11-19/h6-12,16-17,20-21,32H,13-15H2,1-5H3,(H,25,29)(H,26,30)/b12-9+/t20-,21+/m0/s1. The van der Waals surface area contributed by atoms with Crippen molar-refractivity contribution in [2.24, 2.45) is 23.7 Å². The topological polar surface area (TPSA) is 116 Å². The summed E-state index contributed by atoms with van der Waals surface area (Å²) in [6, 6.07) is 9.50. The monoisotopic (exact) mass is 445 g/mol. The van der Waals surface area contributed by atoms with Gasteiger partial charge in [0.25, 0.3) is 0 Å². The number of nitrogens with zero attached hydrogens (tertiary/aromatic N) is 1. The molecule has 8 heteroatoms. The number of hydrazine groups is 1. The van der Waals surface area contributed by atoms with Crippen LogP contribution >= 0.6 is 0 Å². The minimum absolute atomic E-state index is 0.00694. The maximum atomic E-state index is 13.2. The van der Waals surface area contributed by atoms with Crippen LogP contribution in [0.15, 0.2) is 36.4 Å². The van der Waals surface area contributed by atoms with Gasteiger partial charge in [0.2, 0.25) is 17.6 Å². The number of hydroxylamine groups is 1. The molecule has 2 atom stereocenters. The summed E-state index contributed by atoms with van der Waals surface area (Å²) in [5.41, 5.74) is 5.14. The van der Waals surface area contributed by atoms with E-state index >= 15 is 0 Å². The van der Waals surface area contributed by atoms with Gasteiger partial charge in [0.15, 0.2) is 0 Å². The number of amides is 3. The summed E-state index contributed by atoms with van der Waals surface area (Å²) in [4.78, 5) is 49.6. The number of allylic oxidation sites excluding steroid dienone is 1. The van der Waals surface area contributed by atoms with Gasteiger partial charge in [-0.15, -0.1) is 0 Å². The fourth-order valence-corrected chi connectivity index (χ4v) is 3.36. The van der Waals surface area contributed by atoms with Gasteiger partial charge in [0.05, 0.1) is 11.8 Å². The summed E-state index contributed by atoms with van der Waals surface area (Å²) in [6.45, 7) is 8.84. The summed E-state index contributed by atoms with van der Waals surface area (Å²) in [5.74, 6) is -4.35. The molecular formula is C24H35N3O5. The summed E-state index contributed by atoms with van der Waals surface area (Å²) < 4.78 is 0. The molecule has 3 amide bonds. The Kier molecular flexibility index (Phi) is 11.3. The first-order valence-corrected chi connectivity index (χ1v) is 10.8. The summed E-state index contributed by atoms with van der Waals surface area (Å²) >= 11 is 0. The molecule has 0 unspecified atom stereocenters. The molecule has 3 N–H and O–H groups in total. The average molecular weight is 446 g/mol. The number of carbonyl (C=O) groups excluding carboxylic acids is 4. The van der Waals surface area contributed by atoms with Crippen LogP contribution in [0.1, 0.15) is 53.0 Å². The van der Waals surface area contributed by atoms with Crippen molar-refractivity contribution in [1.29, 1.82) is 0 Å². The molecule has 0 radical (unpaired) electrons. The third kappa shape index (κ3) is 9.01. The van der Waals surface area contributed by atoms with Gasteiger partial charge in [0, 0.05) is 13.5 Å². The van der Waals surface area contributed by atoms with Crippen LogP contribution in [0.25, 0.3) is 6.08 Å². The minimum atomic E-state index is -0.865. The van der Waals surface area contributed by atoms with Crippen LogP contribution in [0.5, 0.6) is 0 Å². The molecule has 1 rings (SSSR count). The molecule has 0 heterocycles. The van der Waals surface area contributed by atoms with Crippen molar-refractivity contribution in [3.05, 3.63) is 42.0 Å². The molecule has 176 valence electrons. The molecule has 8 nitrogen and oxygen atoms in total. The maximum absolute atomic E-state index is 13.2. The van der Waals surface area contributed by atoms with Gasteiger partial charge >= 0.3 is 5.91 Å². The van der Waals surface area contributed by atoms with Gasteiger partial charge in [-0.25, -0.2) is 10.5 Å². The first kappa shape index (κ1) is 27.0. The maximum Gasteiger partial charge on any atom is 0.308 e. The second-order valence-corrected chi connectivity index (χ2v) is 8.71. The quantitative estimate of drug-likeness (QED) is 0.275. The molecule has 0 aliphatic heterocycles. The third-order valence-electron chi connectivity index (χ3n) is 4.83. The van der Waals surface area contributed by atoms with E-state index in [0.717, 1.165) is 17.5 Å². The number of rotatable bonds is 11. The van der Waals surface area contributed by atoms with Crippen molar-refractivity contribution in [3.8, 4) is 0 Å². The van der Waals surface area contributed by atoms with Crippen molar-refractivity contribution in [2.75, 3.05) is 6.54 Å². The van der Waals surface area contributed by atoms with Crippen LogP contribution in [0.2, 0.25) is 0 Å². The molecule has 0 bridgehead atoms. The fourth-order valence-electron chi connectivity index (χ4n) is 3.36. The van der Waals surface area contributed by atoms with Crippen molar-refractivity contribution < 1.29 is 24.4 Å². The Morgan fingerprint density at radius 1 is 0.969 bits per heavy atom. The number of hydrogen-bond acceptors (Lipinski definition) is 5. The van der Waals surface area contributed by atoms with E-state index in [4.69, 9.17) is 0 Å². The highest BCUT2D eigenvalue weighted by Crippen LogP contribution is 2.25. The predicted molar refractivity (Wildman–Crippen MR) is 122 cm³/mol. The zero-order valence-corrected chi connectivity index (χ0v) is 19.5. The lowest BCUT2D eigenvalue weighted by Crippen LogP contribution is -2.53. The molecule has 0 saturated heterocycles. The zero-order chi connectivity index (χ0) is 24.3. The molecule has 0 fully saturated rings. The molecule has 0 saturated carbocycles. The van der Waals surface area contributed by atoms with Crippen LogP contribution in [-0.2, 0) is 19.2 Å². The van der Waals surface area contributed by atoms with Gasteiger partial charge in [-0.2, -0.15) is 0 Å². The van der Waals surface area contributed by atoms with Crippen LogP contribution in [0.4, 0.5) is 0 Å². The highest BCUT2D eigenvalue weighted by atomic mass is 16.5. The van der Waals surface area contributed by atoms with Gasteiger partial charge in [-0.1, -0.05) is 70.2 Å². The highest BCUT2D eigenvalue weighted by molar-refractivity contribution is 6.35. The van der Waals surface area contributed by atoms with E-state index in [1.54, 1.807) is 11.6 Å².